The van der Waals surface area contributed by atoms with Crippen molar-refractivity contribution in [1.29, 1.82) is 0 Å². The molecular weight excluding hydrogens is 186 g/mol. The number of piperazine rings is 1. The molecule has 0 aromatic heterocycles. The SMILES string of the molecule is CCC(C)N1CC(CN2CCNCC2)C1. The quantitative estimate of drug-likeness (QED) is 0.735. The van der Waals surface area contributed by atoms with Crippen LogP contribution in [0.4, 0.5) is 0 Å². The van der Waals surface area contributed by atoms with E-state index in [0.717, 1.165) is 12.0 Å². The van der Waals surface area contributed by atoms with Crippen molar-refractivity contribution in [2.75, 3.05) is 45.8 Å². The van der Waals surface area contributed by atoms with Gasteiger partial charge in [-0.3, -0.25) is 4.90 Å². The summed E-state index contributed by atoms with van der Waals surface area (Å²) in [7, 11) is 0. The summed E-state index contributed by atoms with van der Waals surface area (Å²) >= 11 is 0. The highest BCUT2D eigenvalue weighted by atomic mass is 15.2. The molecule has 3 heteroatoms. The molecule has 0 aromatic carbocycles. The molecule has 2 saturated heterocycles. The van der Waals surface area contributed by atoms with Crippen LogP contribution in [0.2, 0.25) is 0 Å². The highest BCUT2D eigenvalue weighted by Crippen LogP contribution is 2.20. The Balaban J connectivity index is 1.62. The Kier molecular flexibility index (Phi) is 4.00. The van der Waals surface area contributed by atoms with Crippen molar-refractivity contribution in [3.8, 4) is 0 Å². The lowest BCUT2D eigenvalue weighted by atomic mass is 9.96. The highest BCUT2D eigenvalue weighted by molar-refractivity contribution is 4.85. The summed E-state index contributed by atoms with van der Waals surface area (Å²) in [5.41, 5.74) is 0. The van der Waals surface area contributed by atoms with E-state index < -0.39 is 0 Å². The summed E-state index contributed by atoms with van der Waals surface area (Å²) in [5.74, 6) is 0.942. The molecule has 2 heterocycles. The Morgan fingerprint density at radius 3 is 2.53 bits per heavy atom. The molecule has 2 aliphatic rings. The minimum absolute atomic E-state index is 0.796. The summed E-state index contributed by atoms with van der Waals surface area (Å²) in [6.45, 7) is 13.5. The smallest absolute Gasteiger partial charge is 0.0108 e. The van der Waals surface area contributed by atoms with Gasteiger partial charge in [0.05, 0.1) is 0 Å². The first kappa shape index (κ1) is 11.4. The largest absolute Gasteiger partial charge is 0.314 e. The van der Waals surface area contributed by atoms with Crippen LogP contribution in [0.5, 0.6) is 0 Å². The van der Waals surface area contributed by atoms with E-state index >= 15 is 0 Å². The zero-order chi connectivity index (χ0) is 10.7. The lowest BCUT2D eigenvalue weighted by Crippen LogP contribution is -2.56. The van der Waals surface area contributed by atoms with Crippen molar-refractivity contribution in [2.45, 2.75) is 26.3 Å². The molecule has 3 nitrogen and oxygen atoms in total. The Morgan fingerprint density at radius 1 is 1.27 bits per heavy atom. The number of likely N-dealkylation sites (tertiary alicyclic amines) is 1. The standard InChI is InChI=1S/C12H25N3/c1-3-11(2)15-9-12(10-15)8-14-6-4-13-5-7-14/h11-13H,3-10H2,1-2H3. The summed E-state index contributed by atoms with van der Waals surface area (Å²) in [4.78, 5) is 5.24. The van der Waals surface area contributed by atoms with Crippen LogP contribution in [0.25, 0.3) is 0 Å². The van der Waals surface area contributed by atoms with Gasteiger partial charge in [0.25, 0.3) is 0 Å². The molecule has 1 unspecified atom stereocenters. The molecule has 88 valence electrons. The van der Waals surface area contributed by atoms with Crippen LogP contribution >= 0.6 is 0 Å². The first-order valence-electron chi connectivity index (χ1n) is 6.46. The van der Waals surface area contributed by atoms with Crippen molar-refractivity contribution >= 4 is 0 Å². The van der Waals surface area contributed by atoms with Gasteiger partial charge in [-0.2, -0.15) is 0 Å². The van der Waals surface area contributed by atoms with Gasteiger partial charge in [0.2, 0.25) is 0 Å². The van der Waals surface area contributed by atoms with Crippen molar-refractivity contribution in [3.63, 3.8) is 0 Å². The van der Waals surface area contributed by atoms with Crippen LogP contribution < -0.4 is 5.32 Å². The Hall–Kier alpha value is -0.120. The Bertz CT molecular complexity index is 183. The van der Waals surface area contributed by atoms with Crippen LogP contribution in [0.1, 0.15) is 20.3 Å². The van der Waals surface area contributed by atoms with E-state index in [2.05, 4.69) is 29.0 Å². The third-order valence-electron chi connectivity index (χ3n) is 3.93. The average Bonchev–Trinajstić information content (AvgIpc) is 2.23. The molecule has 0 spiro atoms. The molecule has 1 atom stereocenters. The fraction of sp³-hybridized carbons (Fsp3) is 1.00. The molecule has 2 aliphatic heterocycles. The molecule has 0 amide bonds. The lowest BCUT2D eigenvalue weighted by Gasteiger charge is -2.45. The third kappa shape index (κ3) is 2.92. The summed E-state index contributed by atoms with van der Waals surface area (Å²) in [6.07, 6.45) is 1.29. The number of nitrogens with one attached hydrogen (secondary N) is 1. The van der Waals surface area contributed by atoms with Gasteiger partial charge >= 0.3 is 0 Å². The van der Waals surface area contributed by atoms with Gasteiger partial charge in [0.1, 0.15) is 0 Å². The summed E-state index contributed by atoms with van der Waals surface area (Å²) in [5, 5.41) is 3.41. The van der Waals surface area contributed by atoms with E-state index in [-0.39, 0.29) is 0 Å². The Labute approximate surface area is 93.8 Å². The normalized spacial score (nSPS) is 27.6. The zero-order valence-electron chi connectivity index (χ0n) is 10.2. The van der Waals surface area contributed by atoms with Gasteiger partial charge in [-0.05, 0) is 19.3 Å². The first-order valence-corrected chi connectivity index (χ1v) is 6.46. The fourth-order valence-corrected chi connectivity index (χ4v) is 2.60. The topological polar surface area (TPSA) is 18.5 Å². The van der Waals surface area contributed by atoms with Crippen molar-refractivity contribution in [1.82, 2.24) is 15.1 Å². The van der Waals surface area contributed by atoms with Crippen molar-refractivity contribution < 1.29 is 0 Å². The summed E-state index contributed by atoms with van der Waals surface area (Å²) in [6, 6.07) is 0.796. The predicted molar refractivity (Wildman–Crippen MR) is 64.1 cm³/mol. The van der Waals surface area contributed by atoms with E-state index in [0.29, 0.717) is 0 Å². The molecule has 2 rings (SSSR count). The van der Waals surface area contributed by atoms with Gasteiger partial charge in [0, 0.05) is 51.9 Å². The molecular formula is C12H25N3. The minimum Gasteiger partial charge on any atom is -0.314 e. The first-order chi connectivity index (χ1) is 7.29. The van der Waals surface area contributed by atoms with Gasteiger partial charge in [0.15, 0.2) is 0 Å². The van der Waals surface area contributed by atoms with Gasteiger partial charge in [-0.1, -0.05) is 6.92 Å². The van der Waals surface area contributed by atoms with E-state index in [9.17, 15) is 0 Å². The predicted octanol–water partition coefficient (Wildman–Crippen LogP) is 0.622. The fourth-order valence-electron chi connectivity index (χ4n) is 2.60. The van der Waals surface area contributed by atoms with E-state index in [1.807, 2.05) is 0 Å². The molecule has 2 fully saturated rings. The molecule has 1 N–H and O–H groups in total. The number of rotatable bonds is 4. The zero-order valence-corrected chi connectivity index (χ0v) is 10.2. The molecule has 0 bridgehead atoms. The van der Waals surface area contributed by atoms with Crippen LogP contribution in [-0.2, 0) is 0 Å². The van der Waals surface area contributed by atoms with E-state index in [4.69, 9.17) is 0 Å². The molecule has 0 aliphatic carbocycles. The van der Waals surface area contributed by atoms with E-state index in [1.54, 1.807) is 0 Å². The second-order valence-electron chi connectivity index (χ2n) is 5.13. The third-order valence-corrected chi connectivity index (χ3v) is 3.93. The maximum atomic E-state index is 3.41. The van der Waals surface area contributed by atoms with E-state index in [1.165, 1.54) is 52.2 Å². The van der Waals surface area contributed by atoms with Crippen LogP contribution in [0, 0.1) is 5.92 Å². The van der Waals surface area contributed by atoms with Crippen molar-refractivity contribution in [2.24, 2.45) is 5.92 Å². The highest BCUT2D eigenvalue weighted by Gasteiger charge is 2.30. The second-order valence-corrected chi connectivity index (χ2v) is 5.13. The maximum absolute atomic E-state index is 3.41. The van der Waals surface area contributed by atoms with Gasteiger partial charge in [-0.25, -0.2) is 0 Å². The van der Waals surface area contributed by atoms with Crippen LogP contribution in [0.15, 0.2) is 0 Å². The lowest BCUT2D eigenvalue weighted by molar-refractivity contribution is 0.0327. The Morgan fingerprint density at radius 2 is 1.93 bits per heavy atom. The number of hydrogen-bond acceptors (Lipinski definition) is 3. The molecule has 0 saturated carbocycles. The van der Waals surface area contributed by atoms with Gasteiger partial charge < -0.3 is 10.2 Å². The number of hydrogen-bond donors (Lipinski definition) is 1. The van der Waals surface area contributed by atoms with Crippen molar-refractivity contribution in [3.05, 3.63) is 0 Å². The minimum atomic E-state index is 0.796. The monoisotopic (exact) mass is 211 g/mol. The molecule has 0 aromatic rings. The molecule has 15 heavy (non-hydrogen) atoms. The second kappa shape index (κ2) is 5.28. The van der Waals surface area contributed by atoms with Gasteiger partial charge in [-0.15, -0.1) is 0 Å². The summed E-state index contributed by atoms with van der Waals surface area (Å²) < 4.78 is 0. The van der Waals surface area contributed by atoms with Crippen LogP contribution in [0.3, 0.4) is 0 Å². The molecule has 0 radical (unpaired) electrons. The number of nitrogens with zero attached hydrogens (tertiary/aromatic N) is 2. The van der Waals surface area contributed by atoms with Crippen LogP contribution in [-0.4, -0.2) is 61.7 Å². The maximum Gasteiger partial charge on any atom is 0.0108 e. The average molecular weight is 211 g/mol.